The second-order valence-electron chi connectivity index (χ2n) is 3.84. The fourth-order valence-corrected chi connectivity index (χ4v) is 2.24. The monoisotopic (exact) mass is 320 g/mol. The molecule has 0 bridgehead atoms. The summed E-state index contributed by atoms with van der Waals surface area (Å²) in [6.45, 7) is 0. The van der Waals surface area contributed by atoms with E-state index in [0.717, 1.165) is 28.4 Å². The summed E-state index contributed by atoms with van der Waals surface area (Å²) in [6.07, 6.45) is 0. The van der Waals surface area contributed by atoms with E-state index in [1.807, 2.05) is 0 Å². The maximum absolute atomic E-state index is 9.27. The third-order valence-corrected chi connectivity index (χ3v) is 3.25. The molecule has 1 fully saturated rings. The van der Waals surface area contributed by atoms with Gasteiger partial charge in [0.1, 0.15) is 0 Å². The minimum Gasteiger partial charge on any atom is -0.410 e. The SMILES string of the molecule is COC1(OC)C(=N\O)/C(=N/O)C(OC)(OC)C(=N\O)/C1=N/O. The summed E-state index contributed by atoms with van der Waals surface area (Å²) < 4.78 is 20.3. The molecule has 124 valence electrons. The maximum Gasteiger partial charge on any atom is 0.268 e. The molecule has 22 heavy (non-hydrogen) atoms. The number of hydrogen-bond donors (Lipinski definition) is 4. The molecule has 4 N–H and O–H groups in total. The quantitative estimate of drug-likeness (QED) is 0.299. The number of methoxy groups -OCH3 is 4. The molecule has 12 nitrogen and oxygen atoms in total. The van der Waals surface area contributed by atoms with Crippen molar-refractivity contribution in [3.63, 3.8) is 0 Å². The Morgan fingerprint density at radius 2 is 0.727 bits per heavy atom. The maximum atomic E-state index is 9.27. The Morgan fingerprint density at radius 1 is 0.545 bits per heavy atom. The minimum atomic E-state index is -2.15. The Kier molecular flexibility index (Phi) is 5.38. The predicted molar refractivity (Wildman–Crippen MR) is 70.4 cm³/mol. The van der Waals surface area contributed by atoms with Gasteiger partial charge in [-0.05, 0) is 0 Å². The minimum absolute atomic E-state index is 0.552. The zero-order chi connectivity index (χ0) is 17.0. The van der Waals surface area contributed by atoms with E-state index >= 15 is 0 Å². The summed E-state index contributed by atoms with van der Waals surface area (Å²) in [7, 11) is 4.49. The van der Waals surface area contributed by atoms with Crippen LogP contribution in [0.4, 0.5) is 0 Å². The first-order valence-corrected chi connectivity index (χ1v) is 5.64. The van der Waals surface area contributed by atoms with Crippen molar-refractivity contribution in [2.24, 2.45) is 20.6 Å². The normalized spacial score (nSPS) is 27.8. The van der Waals surface area contributed by atoms with Gasteiger partial charge in [0.15, 0.2) is 22.8 Å². The Hall–Kier alpha value is -2.28. The van der Waals surface area contributed by atoms with Gasteiger partial charge < -0.3 is 39.8 Å². The van der Waals surface area contributed by atoms with Gasteiger partial charge in [0.2, 0.25) is 0 Å². The van der Waals surface area contributed by atoms with Gasteiger partial charge in [-0.15, -0.1) is 0 Å². The summed E-state index contributed by atoms with van der Waals surface area (Å²) in [5.74, 6) is -4.29. The van der Waals surface area contributed by atoms with Crippen LogP contribution in [0.3, 0.4) is 0 Å². The first kappa shape index (κ1) is 17.8. The third-order valence-electron chi connectivity index (χ3n) is 3.25. The van der Waals surface area contributed by atoms with Gasteiger partial charge in [-0.25, -0.2) is 0 Å². The second-order valence-corrected chi connectivity index (χ2v) is 3.84. The standard InChI is InChI=1S/C10H16N4O8/c1-19-9(20-2)5(11-15)7(13-17)10(21-3,22-4)8(14-18)6(9)12-16/h15-18H,1-4H3/b11-5-,12-6-,13-7-,14-8-. The van der Waals surface area contributed by atoms with Crippen molar-refractivity contribution in [3.05, 3.63) is 0 Å². The Balaban J connectivity index is 3.89. The highest BCUT2D eigenvalue weighted by Crippen LogP contribution is 2.33. The van der Waals surface area contributed by atoms with E-state index < -0.39 is 34.4 Å². The molecule has 0 saturated heterocycles. The number of ether oxygens (including phenoxy) is 4. The van der Waals surface area contributed by atoms with Gasteiger partial charge in [-0.2, -0.15) is 0 Å². The molecule has 0 amide bonds. The third kappa shape index (κ3) is 2.00. The van der Waals surface area contributed by atoms with Crippen LogP contribution < -0.4 is 0 Å². The van der Waals surface area contributed by atoms with Crippen LogP contribution in [-0.2, 0) is 18.9 Å². The van der Waals surface area contributed by atoms with Gasteiger partial charge in [0.25, 0.3) is 11.6 Å². The predicted octanol–water partition coefficient (Wildman–Crippen LogP) is -0.701. The molecule has 0 aromatic carbocycles. The van der Waals surface area contributed by atoms with E-state index in [0.29, 0.717) is 0 Å². The lowest BCUT2D eigenvalue weighted by Gasteiger charge is -2.42. The van der Waals surface area contributed by atoms with E-state index in [2.05, 4.69) is 20.6 Å². The van der Waals surface area contributed by atoms with Crippen LogP contribution in [0.5, 0.6) is 0 Å². The fourth-order valence-electron chi connectivity index (χ4n) is 2.24. The van der Waals surface area contributed by atoms with Crippen molar-refractivity contribution in [1.82, 2.24) is 0 Å². The number of oxime groups is 4. The first-order chi connectivity index (χ1) is 10.5. The molecule has 1 rings (SSSR count). The van der Waals surface area contributed by atoms with Gasteiger partial charge >= 0.3 is 0 Å². The zero-order valence-corrected chi connectivity index (χ0v) is 12.2. The number of nitrogens with zero attached hydrogens (tertiary/aromatic N) is 4. The topological polar surface area (TPSA) is 167 Å². The molecular weight excluding hydrogens is 304 g/mol. The number of hydrogen-bond acceptors (Lipinski definition) is 12. The second kappa shape index (κ2) is 6.65. The Bertz CT molecular complexity index is 445. The van der Waals surface area contributed by atoms with Crippen LogP contribution in [-0.4, -0.2) is 83.7 Å². The van der Waals surface area contributed by atoms with Crippen LogP contribution in [0.1, 0.15) is 0 Å². The molecule has 0 aromatic rings. The van der Waals surface area contributed by atoms with Gasteiger partial charge in [-0.3, -0.25) is 0 Å². The molecule has 12 heteroatoms. The van der Waals surface area contributed by atoms with Crippen molar-refractivity contribution in [2.45, 2.75) is 11.6 Å². The summed E-state index contributed by atoms with van der Waals surface area (Å²) in [5, 5.41) is 48.8. The summed E-state index contributed by atoms with van der Waals surface area (Å²) in [6, 6.07) is 0. The molecule has 0 aromatic heterocycles. The molecule has 1 saturated carbocycles. The highest BCUT2D eigenvalue weighted by Gasteiger charge is 2.65. The van der Waals surface area contributed by atoms with Crippen LogP contribution >= 0.6 is 0 Å². The lowest BCUT2D eigenvalue weighted by molar-refractivity contribution is -0.122. The summed E-state index contributed by atoms with van der Waals surface area (Å²) in [5.41, 5.74) is -2.21. The summed E-state index contributed by atoms with van der Waals surface area (Å²) >= 11 is 0. The van der Waals surface area contributed by atoms with E-state index in [4.69, 9.17) is 18.9 Å². The van der Waals surface area contributed by atoms with Gasteiger partial charge in [-0.1, -0.05) is 20.6 Å². The van der Waals surface area contributed by atoms with Crippen molar-refractivity contribution in [3.8, 4) is 0 Å². The molecule has 0 spiro atoms. The lowest BCUT2D eigenvalue weighted by Crippen LogP contribution is -2.71. The van der Waals surface area contributed by atoms with E-state index in [-0.39, 0.29) is 0 Å². The van der Waals surface area contributed by atoms with E-state index in [9.17, 15) is 20.8 Å². The highest BCUT2D eigenvalue weighted by molar-refractivity contribution is 6.69. The zero-order valence-electron chi connectivity index (χ0n) is 12.2. The van der Waals surface area contributed by atoms with Crippen molar-refractivity contribution in [2.75, 3.05) is 28.4 Å². The molecule has 1 aliphatic carbocycles. The van der Waals surface area contributed by atoms with Crippen molar-refractivity contribution in [1.29, 1.82) is 0 Å². The molecule has 0 aliphatic heterocycles. The van der Waals surface area contributed by atoms with Crippen LogP contribution in [0.2, 0.25) is 0 Å². The first-order valence-electron chi connectivity index (χ1n) is 5.64. The van der Waals surface area contributed by atoms with E-state index in [1.165, 1.54) is 0 Å². The molecule has 0 heterocycles. The fraction of sp³-hybridized carbons (Fsp3) is 0.600. The Morgan fingerprint density at radius 3 is 0.818 bits per heavy atom. The van der Waals surface area contributed by atoms with Crippen molar-refractivity contribution >= 4 is 22.8 Å². The van der Waals surface area contributed by atoms with Crippen LogP contribution in [0.25, 0.3) is 0 Å². The molecular formula is C10H16N4O8. The van der Waals surface area contributed by atoms with Gasteiger partial charge in [0, 0.05) is 28.4 Å². The largest absolute Gasteiger partial charge is 0.410 e. The van der Waals surface area contributed by atoms with Crippen molar-refractivity contribution < 1.29 is 39.8 Å². The lowest BCUT2D eigenvalue weighted by atomic mass is 9.81. The average molecular weight is 320 g/mol. The van der Waals surface area contributed by atoms with Crippen LogP contribution in [0, 0.1) is 0 Å². The number of rotatable bonds is 4. The molecule has 0 atom stereocenters. The molecule has 1 aliphatic rings. The van der Waals surface area contributed by atoms with Gasteiger partial charge in [0.05, 0.1) is 0 Å². The smallest absolute Gasteiger partial charge is 0.268 e. The van der Waals surface area contributed by atoms with Crippen LogP contribution in [0.15, 0.2) is 20.6 Å². The Labute approximate surface area is 124 Å². The van der Waals surface area contributed by atoms with E-state index in [1.54, 1.807) is 0 Å². The summed E-state index contributed by atoms with van der Waals surface area (Å²) in [4.78, 5) is 0. The molecule has 0 radical (unpaired) electrons. The highest BCUT2D eigenvalue weighted by atomic mass is 16.7. The molecule has 0 unspecified atom stereocenters. The average Bonchev–Trinajstić information content (AvgIpc) is 2.58.